The smallest absolute Gasteiger partial charge is 0.340 e. The number of aromatic nitrogens is 1. The maximum Gasteiger partial charge on any atom is 0.340 e. The summed E-state index contributed by atoms with van der Waals surface area (Å²) in [4.78, 5) is 14.6. The van der Waals surface area contributed by atoms with Crippen molar-refractivity contribution < 1.29 is 9.53 Å². The summed E-state index contributed by atoms with van der Waals surface area (Å²) in [6, 6.07) is 4.39. The quantitative estimate of drug-likeness (QED) is 0.813. The fourth-order valence-electron chi connectivity index (χ4n) is 3.06. The Kier molecular flexibility index (Phi) is 3.49. The lowest BCUT2D eigenvalue weighted by Crippen LogP contribution is -2.11. The van der Waals surface area contributed by atoms with Gasteiger partial charge in [0.15, 0.2) is 0 Å². The Bertz CT molecular complexity index is 700. The Morgan fingerprint density at radius 1 is 1.29 bits per heavy atom. The van der Waals surface area contributed by atoms with Crippen molar-refractivity contribution in [3.05, 3.63) is 35.0 Å². The number of esters is 1. The van der Waals surface area contributed by atoms with E-state index in [0.29, 0.717) is 5.56 Å². The first-order chi connectivity index (χ1) is 9.99. The van der Waals surface area contributed by atoms with Crippen LogP contribution < -0.4 is 0 Å². The molecule has 0 aliphatic carbocycles. The molecular weight excluding hydrogens is 264 g/mol. The van der Waals surface area contributed by atoms with Crippen molar-refractivity contribution in [2.24, 2.45) is 0 Å². The molecule has 3 rings (SSSR count). The Labute approximate surface area is 125 Å². The molecule has 1 aromatic heterocycles. The Morgan fingerprint density at radius 3 is 2.57 bits per heavy atom. The third-order valence-electron chi connectivity index (χ3n) is 3.99. The van der Waals surface area contributed by atoms with Crippen LogP contribution in [0.5, 0.6) is 0 Å². The number of hydrogen-bond acceptors (Lipinski definition) is 3. The van der Waals surface area contributed by atoms with Gasteiger partial charge < -0.3 is 9.30 Å². The van der Waals surface area contributed by atoms with Crippen molar-refractivity contribution in [1.29, 1.82) is 0 Å². The monoisotopic (exact) mass is 286 g/mol. The van der Waals surface area contributed by atoms with Crippen LogP contribution >= 0.6 is 0 Å². The van der Waals surface area contributed by atoms with Crippen LogP contribution in [0.25, 0.3) is 10.9 Å². The van der Waals surface area contributed by atoms with Crippen molar-refractivity contribution in [3.8, 4) is 0 Å². The van der Waals surface area contributed by atoms with E-state index in [1.54, 1.807) is 0 Å². The van der Waals surface area contributed by atoms with Gasteiger partial charge in [-0.15, -0.1) is 0 Å². The summed E-state index contributed by atoms with van der Waals surface area (Å²) in [5.74, 6) is -0.228. The molecule has 0 atom stereocenters. The van der Waals surface area contributed by atoms with Gasteiger partial charge in [-0.05, 0) is 51.1 Å². The third-order valence-corrected chi connectivity index (χ3v) is 3.99. The van der Waals surface area contributed by atoms with E-state index in [1.165, 1.54) is 11.1 Å². The van der Waals surface area contributed by atoms with E-state index in [9.17, 15) is 4.79 Å². The highest BCUT2D eigenvalue weighted by atomic mass is 16.5. The van der Waals surface area contributed by atoms with E-state index in [2.05, 4.69) is 35.6 Å². The predicted octanol–water partition coefficient (Wildman–Crippen LogP) is 3.17. The van der Waals surface area contributed by atoms with Crippen molar-refractivity contribution >= 4 is 16.9 Å². The standard InChI is InChI=1S/C17H22N2O2/c1-5-19-10-15(17(20)21-11(2)3)14-6-12-8-18(4)9-13(12)7-16(14)19/h6-7,10-11H,5,8-9H2,1-4H3. The fraction of sp³-hybridized carbons (Fsp3) is 0.471. The number of aryl methyl sites for hydroxylation is 1. The van der Waals surface area contributed by atoms with Crippen LogP contribution in [0.15, 0.2) is 18.3 Å². The molecule has 0 N–H and O–H groups in total. The maximum atomic E-state index is 12.3. The zero-order valence-electron chi connectivity index (χ0n) is 13.1. The average molecular weight is 286 g/mol. The molecule has 0 saturated heterocycles. The van der Waals surface area contributed by atoms with Crippen molar-refractivity contribution in [2.75, 3.05) is 7.05 Å². The molecule has 0 radical (unpaired) electrons. The maximum absolute atomic E-state index is 12.3. The first kappa shape index (κ1) is 14.1. The van der Waals surface area contributed by atoms with Gasteiger partial charge in [-0.25, -0.2) is 4.79 Å². The van der Waals surface area contributed by atoms with Gasteiger partial charge in [0, 0.05) is 36.7 Å². The van der Waals surface area contributed by atoms with E-state index in [1.807, 2.05) is 20.0 Å². The molecular formula is C17H22N2O2. The number of ether oxygens (including phenoxy) is 1. The third kappa shape index (κ3) is 2.44. The Hall–Kier alpha value is -1.81. The second-order valence-electron chi connectivity index (χ2n) is 6.09. The number of nitrogens with zero attached hydrogens (tertiary/aromatic N) is 2. The van der Waals surface area contributed by atoms with Crippen LogP contribution in [0.3, 0.4) is 0 Å². The van der Waals surface area contributed by atoms with Crippen LogP contribution in [0.1, 0.15) is 42.3 Å². The van der Waals surface area contributed by atoms with Gasteiger partial charge in [0.25, 0.3) is 0 Å². The summed E-state index contributed by atoms with van der Waals surface area (Å²) in [5, 5.41) is 1.01. The molecule has 0 bridgehead atoms. The number of carbonyl (C=O) groups excluding carboxylic acids is 1. The zero-order chi connectivity index (χ0) is 15.1. The normalized spacial score (nSPS) is 14.9. The highest BCUT2D eigenvalue weighted by Crippen LogP contribution is 2.30. The van der Waals surface area contributed by atoms with Crippen molar-refractivity contribution in [2.45, 2.75) is 46.5 Å². The molecule has 1 aliphatic rings. The molecule has 4 nitrogen and oxygen atoms in total. The van der Waals surface area contributed by atoms with E-state index in [0.717, 1.165) is 30.5 Å². The highest BCUT2D eigenvalue weighted by molar-refractivity contribution is 6.05. The molecule has 112 valence electrons. The molecule has 21 heavy (non-hydrogen) atoms. The largest absolute Gasteiger partial charge is 0.459 e. The van der Waals surface area contributed by atoms with Crippen molar-refractivity contribution in [1.82, 2.24) is 9.47 Å². The summed E-state index contributed by atoms with van der Waals surface area (Å²) in [5.41, 5.74) is 4.49. The molecule has 1 aromatic carbocycles. The number of fused-ring (bicyclic) bond motifs is 2. The Balaban J connectivity index is 2.13. The van der Waals surface area contributed by atoms with Crippen LogP contribution in [0.2, 0.25) is 0 Å². The first-order valence-corrected chi connectivity index (χ1v) is 7.53. The minimum absolute atomic E-state index is 0.0990. The number of rotatable bonds is 3. The Morgan fingerprint density at radius 2 is 1.95 bits per heavy atom. The highest BCUT2D eigenvalue weighted by Gasteiger charge is 2.22. The van der Waals surface area contributed by atoms with E-state index in [-0.39, 0.29) is 12.1 Å². The van der Waals surface area contributed by atoms with Crippen LogP contribution in [0.4, 0.5) is 0 Å². The van der Waals surface area contributed by atoms with E-state index >= 15 is 0 Å². The van der Waals surface area contributed by atoms with Gasteiger partial charge in [-0.3, -0.25) is 4.90 Å². The molecule has 4 heteroatoms. The number of carbonyl (C=O) groups is 1. The lowest BCUT2D eigenvalue weighted by Gasteiger charge is -2.07. The van der Waals surface area contributed by atoms with Gasteiger partial charge >= 0.3 is 5.97 Å². The second-order valence-corrected chi connectivity index (χ2v) is 6.09. The SMILES string of the molecule is CCn1cc(C(=O)OC(C)C)c2cc3c(cc21)CN(C)C3. The van der Waals surface area contributed by atoms with Crippen LogP contribution in [0, 0.1) is 0 Å². The van der Waals surface area contributed by atoms with Gasteiger partial charge in [0.2, 0.25) is 0 Å². The minimum Gasteiger partial charge on any atom is -0.459 e. The topological polar surface area (TPSA) is 34.5 Å². The molecule has 0 unspecified atom stereocenters. The van der Waals surface area contributed by atoms with Gasteiger partial charge in [-0.2, -0.15) is 0 Å². The summed E-state index contributed by atoms with van der Waals surface area (Å²) < 4.78 is 7.51. The molecule has 0 spiro atoms. The van der Waals surface area contributed by atoms with Crippen LogP contribution in [-0.2, 0) is 24.4 Å². The molecule has 2 aromatic rings. The summed E-state index contributed by atoms with van der Waals surface area (Å²) in [6.45, 7) is 8.62. The average Bonchev–Trinajstić information content (AvgIpc) is 2.93. The molecule has 1 aliphatic heterocycles. The van der Waals surface area contributed by atoms with Crippen molar-refractivity contribution in [3.63, 3.8) is 0 Å². The zero-order valence-corrected chi connectivity index (χ0v) is 13.1. The van der Waals surface area contributed by atoms with Gasteiger partial charge in [0.05, 0.1) is 11.7 Å². The molecule has 0 saturated carbocycles. The molecule has 0 amide bonds. The lowest BCUT2D eigenvalue weighted by molar-refractivity contribution is 0.0380. The van der Waals surface area contributed by atoms with E-state index < -0.39 is 0 Å². The summed E-state index contributed by atoms with van der Waals surface area (Å²) in [7, 11) is 2.12. The van der Waals surface area contributed by atoms with E-state index in [4.69, 9.17) is 4.74 Å². The molecule has 0 fully saturated rings. The fourth-order valence-corrected chi connectivity index (χ4v) is 3.06. The van der Waals surface area contributed by atoms with Gasteiger partial charge in [0.1, 0.15) is 0 Å². The summed E-state index contributed by atoms with van der Waals surface area (Å²) in [6.07, 6.45) is 1.83. The second kappa shape index (κ2) is 5.19. The summed E-state index contributed by atoms with van der Waals surface area (Å²) >= 11 is 0. The lowest BCUT2D eigenvalue weighted by atomic mass is 10.1. The number of hydrogen-bond donors (Lipinski definition) is 0. The first-order valence-electron chi connectivity index (χ1n) is 7.53. The predicted molar refractivity (Wildman–Crippen MR) is 83.3 cm³/mol. The van der Waals surface area contributed by atoms with Crippen LogP contribution in [-0.4, -0.2) is 28.6 Å². The van der Waals surface area contributed by atoms with Gasteiger partial charge in [-0.1, -0.05) is 0 Å². The number of benzene rings is 1. The molecule has 2 heterocycles. The minimum atomic E-state index is -0.228.